The van der Waals surface area contributed by atoms with Crippen molar-refractivity contribution in [3.8, 4) is 0 Å². The Morgan fingerprint density at radius 3 is 1.04 bits per heavy atom. The van der Waals surface area contributed by atoms with Crippen LogP contribution in [0.5, 0.6) is 0 Å². The average molecular weight is 1550 g/mol. The number of hydrogen-bond acceptors (Lipinski definition) is 2. The van der Waals surface area contributed by atoms with E-state index in [4.69, 9.17) is 0 Å². The minimum absolute atomic E-state index is 0.0143. The van der Waals surface area contributed by atoms with Gasteiger partial charge in [-0.05, 0) is 107 Å². The minimum atomic E-state index is -0.0171. The van der Waals surface area contributed by atoms with E-state index in [1.807, 2.05) is 0 Å². The third kappa shape index (κ3) is 21.1. The molecule has 5 heteroatoms. The first-order valence-electron chi connectivity index (χ1n) is 46.2. The first-order chi connectivity index (χ1) is 55.1. The Labute approximate surface area is 702 Å². The van der Waals surface area contributed by atoms with Crippen LogP contribution in [0.25, 0.3) is 0 Å². The van der Waals surface area contributed by atoms with Gasteiger partial charge < -0.3 is 9.80 Å². The van der Waals surface area contributed by atoms with Gasteiger partial charge in [-0.3, -0.25) is 0 Å². The van der Waals surface area contributed by atoms with Gasteiger partial charge in [0, 0.05) is 118 Å². The maximum atomic E-state index is 2.70. The molecule has 115 heavy (non-hydrogen) atoms. The summed E-state index contributed by atoms with van der Waals surface area (Å²) in [6, 6.07) is 53.5. The van der Waals surface area contributed by atoms with Gasteiger partial charge in [0.05, 0.1) is 16.2 Å². The third-order valence-corrected chi connectivity index (χ3v) is 27.9. The van der Waals surface area contributed by atoms with Gasteiger partial charge in [-0.15, -0.1) is 0 Å². The summed E-state index contributed by atoms with van der Waals surface area (Å²) in [5, 5.41) is 0. The molecule has 0 saturated heterocycles. The quantitative estimate of drug-likeness (QED) is 0.0284. The molecule has 0 N–H and O–H groups in total. The Morgan fingerprint density at radius 1 is 0.330 bits per heavy atom. The second kappa shape index (κ2) is 41.2. The van der Waals surface area contributed by atoms with Crippen LogP contribution in [0.2, 0.25) is 0 Å². The molecule has 0 saturated carbocycles. The summed E-state index contributed by atoms with van der Waals surface area (Å²) in [6.45, 7) is 39.1. The number of anilines is 2. The fraction of sp³-hybridized carbons (Fsp3) is 0.536. The monoisotopic (exact) mass is 1550 g/mol. The number of likely N-dealkylation sites (N-methyl/N-ethyl adjacent to an activating group) is 2. The van der Waals surface area contributed by atoms with Gasteiger partial charge in [0.1, 0.15) is 14.1 Å². The molecular weight excluding hydrogens is 1390 g/mol. The van der Waals surface area contributed by atoms with E-state index < -0.39 is 0 Å². The lowest BCUT2D eigenvalue weighted by molar-refractivity contribution is -0.446. The molecule has 6 aliphatic rings. The van der Waals surface area contributed by atoms with E-state index in [2.05, 4.69) is 363 Å². The predicted molar refractivity (Wildman–Crippen MR) is 503 cm³/mol. The minimum Gasteiger partial charge on any atom is -0.347 e. The number of nitrogens with zero attached hydrogens (tertiary/aromatic N) is 5. The Bertz CT molecular complexity index is 4310. The number of rotatable bonds is 38. The number of para-hydroxylation sites is 5. The lowest BCUT2D eigenvalue weighted by Crippen LogP contribution is -2.29. The van der Waals surface area contributed by atoms with E-state index in [1.165, 1.54) is 277 Å². The zero-order valence-electron chi connectivity index (χ0n) is 76.2. The molecule has 6 aromatic carbocycles. The summed E-state index contributed by atoms with van der Waals surface area (Å²) in [5.74, 6) is 1.90. The Hall–Kier alpha value is -7.63. The molecule has 3 atom stereocenters. The molecule has 0 amide bonds. The van der Waals surface area contributed by atoms with E-state index in [0.29, 0.717) is 11.8 Å². The average Bonchev–Trinajstić information content (AvgIpc) is 1.62. The molecule has 12 rings (SSSR count). The second-order valence-electron chi connectivity index (χ2n) is 38.8. The first kappa shape index (κ1) is 89.7. The summed E-state index contributed by atoms with van der Waals surface area (Å²) >= 11 is 0. The maximum absolute atomic E-state index is 2.70. The van der Waals surface area contributed by atoms with Crippen LogP contribution in [0, 0.1) is 11.8 Å². The van der Waals surface area contributed by atoms with Crippen LogP contribution in [0.4, 0.5) is 28.4 Å². The first-order valence-corrected chi connectivity index (χ1v) is 46.2. The van der Waals surface area contributed by atoms with E-state index in [0.717, 1.165) is 12.5 Å². The van der Waals surface area contributed by atoms with Gasteiger partial charge in [0.2, 0.25) is 17.1 Å². The normalized spacial score (nSPS) is 19.7. The Balaban J connectivity index is 0.000000210. The lowest BCUT2D eigenvalue weighted by Gasteiger charge is -2.26. The molecule has 0 aromatic heterocycles. The second-order valence-corrected chi connectivity index (χ2v) is 38.8. The molecule has 5 nitrogen and oxygen atoms in total. The van der Waals surface area contributed by atoms with Crippen molar-refractivity contribution < 1.29 is 13.7 Å². The smallest absolute Gasteiger partial charge is 0.209 e. The third-order valence-electron chi connectivity index (χ3n) is 27.9. The highest BCUT2D eigenvalue weighted by molar-refractivity contribution is 6.04. The van der Waals surface area contributed by atoms with Crippen molar-refractivity contribution in [3.63, 3.8) is 0 Å². The number of benzene rings is 6. The van der Waals surface area contributed by atoms with Crippen LogP contribution in [-0.4, -0.2) is 65.6 Å². The van der Waals surface area contributed by atoms with E-state index in [1.54, 1.807) is 11.1 Å². The molecule has 6 aromatic rings. The van der Waals surface area contributed by atoms with E-state index in [-0.39, 0.29) is 32.5 Å². The largest absolute Gasteiger partial charge is 0.347 e. The number of unbranched alkanes of at least 4 members (excludes halogenated alkanes) is 24. The van der Waals surface area contributed by atoms with Gasteiger partial charge in [-0.25, -0.2) is 0 Å². The highest BCUT2D eigenvalue weighted by atomic mass is 15.2. The highest BCUT2D eigenvalue weighted by Crippen LogP contribution is 2.54. The number of allylic oxidation sites excluding steroid dienone is 12. The van der Waals surface area contributed by atoms with Gasteiger partial charge >= 0.3 is 0 Å². The number of hydrogen-bond donors (Lipinski definition) is 0. The molecular formula is C110H156N5+3. The van der Waals surface area contributed by atoms with Crippen LogP contribution >= 0.6 is 0 Å². The van der Waals surface area contributed by atoms with E-state index >= 15 is 0 Å². The zero-order valence-corrected chi connectivity index (χ0v) is 76.2. The van der Waals surface area contributed by atoms with Gasteiger partial charge in [0.25, 0.3) is 0 Å². The van der Waals surface area contributed by atoms with Gasteiger partial charge in [-0.2, -0.15) is 13.7 Å². The molecule has 618 valence electrons. The van der Waals surface area contributed by atoms with Gasteiger partial charge in [-0.1, -0.05) is 388 Å². The molecule has 5 heterocycles. The predicted octanol–water partition coefficient (Wildman–Crippen LogP) is 30.4. The van der Waals surface area contributed by atoms with Crippen molar-refractivity contribution in [3.05, 3.63) is 256 Å². The van der Waals surface area contributed by atoms with Crippen LogP contribution in [0.15, 0.2) is 217 Å². The number of fused-ring (bicyclic) bond motifs is 6. The van der Waals surface area contributed by atoms with Crippen molar-refractivity contribution in [2.45, 2.75) is 335 Å². The maximum Gasteiger partial charge on any atom is 0.209 e. The zero-order chi connectivity index (χ0) is 82.6. The molecule has 0 bridgehead atoms. The molecule has 0 radical (unpaired) electrons. The Kier molecular flexibility index (Phi) is 32.1. The molecule has 1 aliphatic carbocycles. The van der Waals surface area contributed by atoms with Crippen LogP contribution in [0.3, 0.4) is 0 Å². The van der Waals surface area contributed by atoms with Crippen molar-refractivity contribution in [1.82, 2.24) is 0 Å². The fourth-order valence-corrected chi connectivity index (χ4v) is 20.9. The van der Waals surface area contributed by atoms with Crippen molar-refractivity contribution >= 4 is 45.6 Å². The molecule has 5 aliphatic heterocycles. The summed E-state index contributed by atoms with van der Waals surface area (Å²) in [5.41, 5.74) is 25.3. The summed E-state index contributed by atoms with van der Waals surface area (Å²) in [4.78, 5) is 4.64. The standard InChI is InChI=1S/C60H98N.2C25H29N2/c1-9-11-13-15-17-19-21-23-25-27-29-31-33-40-50(3)48-53-52-42-35-36-43-54(52)59(5,6)55(53)45-39-47-58-60(7,8)56-44-37-38-46-57(56)61(58)49-51(4)41-34-32-30-28-26-24-22-20-18-16-14-12-10-2;2*1-24(2)18-12-7-9-14-20(18)26(5)22(24)16-11-17-23-25(3,4)19-13-8-10-15-21(19)27(23)6/h35-39,42-47,50-51,53H,9-34,40-41,48-49H2,1-8H3;2*7-17H,1-6H3/q3*+1/b47-39+,55-45-;;. The Morgan fingerprint density at radius 2 is 0.643 bits per heavy atom. The summed E-state index contributed by atoms with van der Waals surface area (Å²) in [6.07, 6.45) is 62.1. The molecule has 0 fully saturated rings. The lowest BCUT2D eigenvalue weighted by atomic mass is 9.78. The fourth-order valence-electron chi connectivity index (χ4n) is 20.9. The SMILES string of the molecule is CCCCCCCCCCCCCCCC(C)CC1/C(=C/C=C/C2=[N+](CC(C)CCCCCCCCCCCCCCC)c3ccccc3C2(C)C)C(C)(C)c2ccccc21.CN1/C(=C/C=CC2=[N+](C)c3ccccc3C2(C)C)C(C)(C)c2ccccc21.CN1/C(=C/C=CC2=[N+](C)c3ccccc3C2(C)C)C(C)(C)c2ccccc21. The van der Waals surface area contributed by atoms with Crippen molar-refractivity contribution in [1.29, 1.82) is 0 Å². The summed E-state index contributed by atoms with van der Waals surface area (Å²) in [7, 11) is 8.67. The molecule has 3 unspecified atom stereocenters. The van der Waals surface area contributed by atoms with Gasteiger partial charge in [0.15, 0.2) is 23.7 Å². The van der Waals surface area contributed by atoms with E-state index in [9.17, 15) is 0 Å². The van der Waals surface area contributed by atoms with Crippen molar-refractivity contribution in [2.24, 2.45) is 11.8 Å². The van der Waals surface area contributed by atoms with Crippen LogP contribution in [-0.2, 0) is 32.5 Å². The van der Waals surface area contributed by atoms with Crippen LogP contribution < -0.4 is 9.80 Å². The van der Waals surface area contributed by atoms with Crippen molar-refractivity contribution in [2.75, 3.05) is 44.5 Å². The topological polar surface area (TPSA) is 15.5 Å². The van der Waals surface area contributed by atoms with Crippen LogP contribution in [0.1, 0.15) is 342 Å². The summed E-state index contributed by atoms with van der Waals surface area (Å²) < 4.78 is 7.34. The highest BCUT2D eigenvalue weighted by Gasteiger charge is 2.48. The molecule has 0 spiro atoms.